The van der Waals surface area contributed by atoms with E-state index < -0.39 is 0 Å². The van der Waals surface area contributed by atoms with Gasteiger partial charge < -0.3 is 10.1 Å². The second kappa shape index (κ2) is 8.14. The molecule has 0 aliphatic heterocycles. The number of hydrazone groups is 1. The van der Waals surface area contributed by atoms with Crippen molar-refractivity contribution in [2.75, 3.05) is 12.4 Å². The second-order valence-corrected chi connectivity index (χ2v) is 5.15. The van der Waals surface area contributed by atoms with E-state index in [0.717, 1.165) is 11.4 Å². The summed E-state index contributed by atoms with van der Waals surface area (Å²) in [6, 6.07) is 17.7. The smallest absolute Gasteiger partial charge is 0.191 e. The number of para-hydroxylation sites is 2. The highest BCUT2D eigenvalue weighted by Gasteiger charge is 2.03. The van der Waals surface area contributed by atoms with E-state index in [1.165, 1.54) is 5.56 Å². The lowest BCUT2D eigenvalue weighted by molar-refractivity contribution is 0.417. The Hall–Kier alpha value is -2.40. The van der Waals surface area contributed by atoms with Crippen molar-refractivity contribution >= 4 is 29.2 Å². The monoisotopic (exact) mass is 313 g/mol. The first kappa shape index (κ1) is 16.0. The number of benzene rings is 2. The van der Waals surface area contributed by atoms with E-state index >= 15 is 0 Å². The highest BCUT2D eigenvalue weighted by atomic mass is 32.1. The zero-order valence-corrected chi connectivity index (χ0v) is 13.4. The summed E-state index contributed by atoms with van der Waals surface area (Å²) in [5, 5.41) is 7.65. The lowest BCUT2D eigenvalue weighted by Crippen LogP contribution is -2.24. The van der Waals surface area contributed by atoms with Gasteiger partial charge in [0.05, 0.1) is 12.8 Å². The van der Waals surface area contributed by atoms with E-state index in [0.29, 0.717) is 5.11 Å². The van der Waals surface area contributed by atoms with Crippen LogP contribution < -0.4 is 15.5 Å². The highest BCUT2D eigenvalue weighted by molar-refractivity contribution is 7.80. The lowest BCUT2D eigenvalue weighted by atomic mass is 10.0. The average molecular weight is 313 g/mol. The van der Waals surface area contributed by atoms with Gasteiger partial charge in [0.15, 0.2) is 5.11 Å². The molecule has 0 radical (unpaired) electrons. The molecule has 2 N–H and O–H groups in total. The third kappa shape index (κ3) is 4.56. The van der Waals surface area contributed by atoms with E-state index in [1.54, 1.807) is 7.11 Å². The van der Waals surface area contributed by atoms with Crippen molar-refractivity contribution in [1.82, 2.24) is 5.43 Å². The van der Waals surface area contributed by atoms with Crippen LogP contribution in [0.4, 0.5) is 5.69 Å². The van der Waals surface area contributed by atoms with E-state index in [4.69, 9.17) is 17.0 Å². The topological polar surface area (TPSA) is 45.6 Å². The number of nitrogens with one attached hydrogen (secondary N) is 2. The molecule has 0 bridgehead atoms. The van der Waals surface area contributed by atoms with Gasteiger partial charge in [-0.2, -0.15) is 5.10 Å². The molecular formula is C17H19N3OS. The predicted molar refractivity (Wildman–Crippen MR) is 95.7 cm³/mol. The minimum Gasteiger partial charge on any atom is -0.495 e. The summed E-state index contributed by atoms with van der Waals surface area (Å²) < 4.78 is 5.26. The first-order valence-electron chi connectivity index (χ1n) is 6.99. The van der Waals surface area contributed by atoms with Gasteiger partial charge in [-0.25, -0.2) is 0 Å². The second-order valence-electron chi connectivity index (χ2n) is 4.74. The van der Waals surface area contributed by atoms with Crippen LogP contribution in [0.5, 0.6) is 5.75 Å². The van der Waals surface area contributed by atoms with Crippen molar-refractivity contribution < 1.29 is 4.74 Å². The fourth-order valence-corrected chi connectivity index (χ4v) is 2.11. The van der Waals surface area contributed by atoms with E-state index in [-0.39, 0.29) is 5.92 Å². The Morgan fingerprint density at radius 3 is 2.55 bits per heavy atom. The average Bonchev–Trinajstić information content (AvgIpc) is 2.56. The zero-order valence-electron chi connectivity index (χ0n) is 12.6. The molecule has 0 unspecified atom stereocenters. The van der Waals surface area contributed by atoms with Crippen LogP contribution in [0, 0.1) is 0 Å². The van der Waals surface area contributed by atoms with E-state index in [1.807, 2.05) is 48.7 Å². The molecule has 2 aromatic carbocycles. The fourth-order valence-electron chi connectivity index (χ4n) is 1.95. The van der Waals surface area contributed by atoms with Crippen molar-refractivity contribution in [3.05, 3.63) is 60.2 Å². The largest absolute Gasteiger partial charge is 0.495 e. The molecule has 114 valence electrons. The highest BCUT2D eigenvalue weighted by Crippen LogP contribution is 2.22. The lowest BCUT2D eigenvalue weighted by Gasteiger charge is -2.11. The van der Waals surface area contributed by atoms with Crippen molar-refractivity contribution in [3.8, 4) is 5.75 Å². The fraction of sp³-hybridized carbons (Fsp3) is 0.176. The van der Waals surface area contributed by atoms with Crippen molar-refractivity contribution in [2.24, 2.45) is 5.10 Å². The Kier molecular flexibility index (Phi) is 5.91. The minimum atomic E-state index is 0.211. The molecule has 0 aromatic heterocycles. The Bertz CT molecular complexity index is 643. The van der Waals surface area contributed by atoms with Gasteiger partial charge in [0, 0.05) is 12.1 Å². The SMILES string of the molecule is COc1ccccc1NC(=S)N/N=C\[C@@H](C)c1ccccc1. The summed E-state index contributed by atoms with van der Waals surface area (Å²) >= 11 is 5.22. The van der Waals surface area contributed by atoms with Gasteiger partial charge in [-0.1, -0.05) is 49.4 Å². The quantitative estimate of drug-likeness (QED) is 0.501. The molecule has 4 nitrogen and oxygen atoms in total. The predicted octanol–water partition coefficient (Wildman–Crippen LogP) is 3.77. The summed E-state index contributed by atoms with van der Waals surface area (Å²) in [7, 11) is 1.62. The maximum Gasteiger partial charge on any atom is 0.191 e. The first-order chi connectivity index (χ1) is 10.7. The normalized spacial score (nSPS) is 11.9. The summed E-state index contributed by atoms with van der Waals surface area (Å²) in [4.78, 5) is 0. The Balaban J connectivity index is 1.89. The van der Waals surface area contributed by atoms with E-state index in [2.05, 4.69) is 34.9 Å². The van der Waals surface area contributed by atoms with Crippen LogP contribution >= 0.6 is 12.2 Å². The van der Waals surface area contributed by atoms with Gasteiger partial charge in [-0.15, -0.1) is 0 Å². The third-order valence-electron chi connectivity index (χ3n) is 3.14. The van der Waals surface area contributed by atoms with Gasteiger partial charge in [-0.3, -0.25) is 5.43 Å². The van der Waals surface area contributed by atoms with Crippen molar-refractivity contribution in [2.45, 2.75) is 12.8 Å². The molecule has 0 saturated heterocycles. The zero-order chi connectivity index (χ0) is 15.8. The summed E-state index contributed by atoms with van der Waals surface area (Å²) in [6.07, 6.45) is 1.82. The number of nitrogens with zero attached hydrogens (tertiary/aromatic N) is 1. The Morgan fingerprint density at radius 2 is 1.82 bits per heavy atom. The van der Waals surface area contributed by atoms with Crippen LogP contribution in [-0.4, -0.2) is 18.4 Å². The maximum atomic E-state index is 5.26. The molecule has 0 fully saturated rings. The number of anilines is 1. The van der Waals surface area contributed by atoms with Crippen LogP contribution in [0.15, 0.2) is 59.7 Å². The third-order valence-corrected chi connectivity index (χ3v) is 3.34. The molecule has 0 saturated carbocycles. The standard InChI is InChI=1S/C17H19N3OS/c1-13(14-8-4-3-5-9-14)12-18-20-17(22)19-15-10-6-7-11-16(15)21-2/h3-13H,1-2H3,(H2,19,20,22)/b18-12-/t13-/m1/s1. The van der Waals surface area contributed by atoms with Gasteiger partial charge in [0.1, 0.15) is 5.75 Å². The molecule has 0 aliphatic rings. The summed E-state index contributed by atoms with van der Waals surface area (Å²) in [5.41, 5.74) is 4.82. The molecule has 0 heterocycles. The van der Waals surface area contributed by atoms with Crippen LogP contribution in [-0.2, 0) is 0 Å². The molecule has 22 heavy (non-hydrogen) atoms. The number of ether oxygens (including phenoxy) is 1. The molecule has 2 rings (SSSR count). The van der Waals surface area contributed by atoms with Crippen molar-refractivity contribution in [1.29, 1.82) is 0 Å². The van der Waals surface area contributed by atoms with Gasteiger partial charge in [-0.05, 0) is 29.9 Å². The van der Waals surface area contributed by atoms with E-state index in [9.17, 15) is 0 Å². The Morgan fingerprint density at radius 1 is 1.14 bits per heavy atom. The number of rotatable bonds is 5. The van der Waals surface area contributed by atoms with Gasteiger partial charge in [0.2, 0.25) is 0 Å². The van der Waals surface area contributed by atoms with Crippen LogP contribution in [0.1, 0.15) is 18.4 Å². The number of thiocarbonyl (C=S) groups is 1. The van der Waals surface area contributed by atoms with Gasteiger partial charge >= 0.3 is 0 Å². The van der Waals surface area contributed by atoms with Gasteiger partial charge in [0.25, 0.3) is 0 Å². The van der Waals surface area contributed by atoms with Crippen LogP contribution in [0.25, 0.3) is 0 Å². The van der Waals surface area contributed by atoms with Crippen molar-refractivity contribution in [3.63, 3.8) is 0 Å². The summed E-state index contributed by atoms with van der Waals surface area (Å²) in [6.45, 7) is 2.08. The molecule has 0 aliphatic carbocycles. The molecule has 5 heteroatoms. The molecule has 0 amide bonds. The maximum absolute atomic E-state index is 5.26. The molecule has 0 spiro atoms. The minimum absolute atomic E-state index is 0.211. The molecular weight excluding hydrogens is 294 g/mol. The Labute approximate surface area is 136 Å². The van der Waals surface area contributed by atoms with Crippen LogP contribution in [0.3, 0.4) is 0 Å². The molecule has 2 aromatic rings. The first-order valence-corrected chi connectivity index (χ1v) is 7.39. The number of hydrogen-bond acceptors (Lipinski definition) is 3. The van der Waals surface area contributed by atoms with Crippen LogP contribution in [0.2, 0.25) is 0 Å². The number of methoxy groups -OCH3 is 1. The summed E-state index contributed by atoms with van der Waals surface area (Å²) in [5.74, 6) is 0.941. The molecule has 1 atom stereocenters. The number of hydrogen-bond donors (Lipinski definition) is 2.